The first-order valence-electron chi connectivity index (χ1n) is 10.8. The van der Waals surface area contributed by atoms with Gasteiger partial charge in [0.2, 0.25) is 15.9 Å². The number of rotatable bonds is 9. The molecule has 2 amide bonds. The van der Waals surface area contributed by atoms with Crippen molar-refractivity contribution in [1.82, 2.24) is 9.21 Å². The van der Waals surface area contributed by atoms with Crippen molar-refractivity contribution in [2.45, 2.75) is 37.9 Å². The van der Waals surface area contributed by atoms with E-state index in [1.54, 1.807) is 20.8 Å². The van der Waals surface area contributed by atoms with Gasteiger partial charge >= 0.3 is 12.1 Å². The Bertz CT molecular complexity index is 1150. The lowest BCUT2D eigenvalue weighted by atomic mass is 10.2. The van der Waals surface area contributed by atoms with Gasteiger partial charge in [-0.15, -0.1) is 0 Å². The summed E-state index contributed by atoms with van der Waals surface area (Å²) in [5.74, 6) is -1.23. The fourth-order valence-corrected chi connectivity index (χ4v) is 4.03. The predicted molar refractivity (Wildman–Crippen MR) is 130 cm³/mol. The van der Waals surface area contributed by atoms with Gasteiger partial charge in [-0.2, -0.15) is 4.31 Å². The van der Waals surface area contributed by atoms with Crippen LogP contribution in [0.5, 0.6) is 0 Å². The number of likely N-dealkylation sites (N-methyl/N-ethyl adjacent to an activating group) is 2. The van der Waals surface area contributed by atoms with E-state index in [0.717, 1.165) is 14.8 Å². The van der Waals surface area contributed by atoms with Crippen LogP contribution in [0, 0.1) is 0 Å². The van der Waals surface area contributed by atoms with Gasteiger partial charge in [0.15, 0.2) is 0 Å². The number of sulfonamides is 1. The number of ether oxygens (including phenoxy) is 2. The summed E-state index contributed by atoms with van der Waals surface area (Å²) in [6.07, 6.45) is -0.677. The molecule has 0 radical (unpaired) electrons. The summed E-state index contributed by atoms with van der Waals surface area (Å²) in [5, 5.41) is 2.56. The Morgan fingerprint density at radius 1 is 0.943 bits per heavy atom. The number of esters is 1. The molecule has 2 rings (SSSR count). The summed E-state index contributed by atoms with van der Waals surface area (Å²) in [4.78, 5) is 37.5. The molecule has 1 N–H and O–H groups in total. The highest BCUT2D eigenvalue weighted by Crippen LogP contribution is 2.19. The van der Waals surface area contributed by atoms with Gasteiger partial charge in [-0.3, -0.25) is 9.59 Å². The lowest BCUT2D eigenvalue weighted by Crippen LogP contribution is -2.36. The van der Waals surface area contributed by atoms with Gasteiger partial charge < -0.3 is 19.7 Å². The summed E-state index contributed by atoms with van der Waals surface area (Å²) in [6.45, 7) is 4.36. The fourth-order valence-electron chi connectivity index (χ4n) is 2.86. The molecule has 0 saturated carbocycles. The zero-order valence-corrected chi connectivity index (χ0v) is 21.3. The number of benzene rings is 2. The maximum atomic E-state index is 12.9. The number of amides is 2. The molecular formula is C24H31N3O7S. The van der Waals surface area contributed by atoms with Gasteiger partial charge in [0, 0.05) is 19.8 Å². The van der Waals surface area contributed by atoms with E-state index in [1.165, 1.54) is 38.4 Å². The minimum absolute atomic E-state index is 0.0718. The first-order chi connectivity index (χ1) is 16.3. The lowest BCUT2D eigenvalue weighted by molar-refractivity contribution is -0.154. The standard InChI is InChI=1S/C24H31N3O7S/c1-24(2,3)34-22(29)16-27(5)35(31,32)20-13-9-12-19(14-20)25-21(28)15-26(4)23(30)33-17-18-10-7-6-8-11-18/h6-14H,15-17H2,1-5H3,(H,25,28). The Hall–Kier alpha value is -3.44. The van der Waals surface area contributed by atoms with Crippen molar-refractivity contribution in [3.05, 3.63) is 60.2 Å². The van der Waals surface area contributed by atoms with Gasteiger partial charge in [0.05, 0.1) is 4.90 Å². The fraction of sp³-hybridized carbons (Fsp3) is 0.375. The minimum atomic E-state index is -4.02. The number of anilines is 1. The molecule has 11 heteroatoms. The van der Waals surface area contributed by atoms with E-state index in [0.29, 0.717) is 0 Å². The number of nitrogens with one attached hydrogen (secondary N) is 1. The van der Waals surface area contributed by atoms with E-state index in [-0.39, 0.29) is 23.7 Å². The van der Waals surface area contributed by atoms with Crippen molar-refractivity contribution in [3.63, 3.8) is 0 Å². The molecule has 0 aliphatic carbocycles. The van der Waals surface area contributed by atoms with Gasteiger partial charge in [0.25, 0.3) is 0 Å². The maximum Gasteiger partial charge on any atom is 0.410 e. The van der Waals surface area contributed by atoms with E-state index < -0.39 is 40.1 Å². The van der Waals surface area contributed by atoms with Crippen molar-refractivity contribution in [1.29, 1.82) is 0 Å². The molecule has 0 bridgehead atoms. The smallest absolute Gasteiger partial charge is 0.410 e. The molecule has 0 atom stereocenters. The summed E-state index contributed by atoms with van der Waals surface area (Å²) in [7, 11) is -1.34. The molecule has 10 nitrogen and oxygen atoms in total. The minimum Gasteiger partial charge on any atom is -0.459 e. The third-order valence-corrected chi connectivity index (χ3v) is 6.29. The third-order valence-electron chi connectivity index (χ3n) is 4.50. The van der Waals surface area contributed by atoms with Crippen molar-refractivity contribution in [2.24, 2.45) is 0 Å². The molecule has 0 aliphatic heterocycles. The molecule has 35 heavy (non-hydrogen) atoms. The average Bonchev–Trinajstić information content (AvgIpc) is 2.76. The molecular weight excluding hydrogens is 474 g/mol. The molecule has 0 fully saturated rings. The van der Waals surface area contributed by atoms with Crippen LogP contribution < -0.4 is 5.32 Å². The second kappa shape index (κ2) is 11.8. The largest absolute Gasteiger partial charge is 0.459 e. The maximum absolute atomic E-state index is 12.9. The Morgan fingerprint density at radius 2 is 1.60 bits per heavy atom. The molecule has 0 heterocycles. The third kappa shape index (κ3) is 9.02. The molecule has 0 spiro atoms. The summed E-state index contributed by atoms with van der Waals surface area (Å²) in [5.41, 5.74) is 0.286. The lowest BCUT2D eigenvalue weighted by Gasteiger charge is -2.22. The molecule has 0 aromatic heterocycles. The first kappa shape index (κ1) is 27.8. The zero-order chi connectivity index (χ0) is 26.2. The highest BCUT2D eigenvalue weighted by molar-refractivity contribution is 7.89. The summed E-state index contributed by atoms with van der Waals surface area (Å²) < 4.78 is 36.9. The van der Waals surface area contributed by atoms with Crippen LogP contribution in [-0.4, -0.2) is 68.4 Å². The Morgan fingerprint density at radius 3 is 2.23 bits per heavy atom. The summed E-state index contributed by atoms with van der Waals surface area (Å²) in [6, 6.07) is 14.7. The van der Waals surface area contributed by atoms with Gasteiger partial charge in [0.1, 0.15) is 25.3 Å². The second-order valence-electron chi connectivity index (χ2n) is 8.82. The number of carbonyl (C=O) groups excluding carboxylic acids is 3. The number of nitrogens with zero attached hydrogens (tertiary/aromatic N) is 2. The molecule has 0 saturated heterocycles. The number of hydrogen-bond acceptors (Lipinski definition) is 7. The van der Waals surface area contributed by atoms with E-state index in [9.17, 15) is 22.8 Å². The predicted octanol–water partition coefficient (Wildman–Crippen LogP) is 2.86. The van der Waals surface area contributed by atoms with Crippen LogP contribution in [0.2, 0.25) is 0 Å². The van der Waals surface area contributed by atoms with E-state index in [1.807, 2.05) is 30.3 Å². The Kier molecular flexibility index (Phi) is 9.38. The van der Waals surface area contributed by atoms with Crippen molar-refractivity contribution in [3.8, 4) is 0 Å². The highest BCUT2D eigenvalue weighted by atomic mass is 32.2. The van der Waals surface area contributed by atoms with Crippen LogP contribution in [0.25, 0.3) is 0 Å². The number of hydrogen-bond donors (Lipinski definition) is 1. The molecule has 190 valence electrons. The normalized spacial score (nSPS) is 11.6. The van der Waals surface area contributed by atoms with Crippen LogP contribution in [0.3, 0.4) is 0 Å². The van der Waals surface area contributed by atoms with Crippen molar-refractivity contribution < 1.29 is 32.3 Å². The second-order valence-corrected chi connectivity index (χ2v) is 10.9. The zero-order valence-electron chi connectivity index (χ0n) is 20.5. The van der Waals surface area contributed by atoms with E-state index in [2.05, 4.69) is 5.32 Å². The Labute approximate surface area is 205 Å². The topological polar surface area (TPSA) is 122 Å². The molecule has 2 aromatic rings. The van der Waals surface area contributed by atoms with E-state index in [4.69, 9.17) is 9.47 Å². The molecule has 2 aromatic carbocycles. The quantitative estimate of drug-likeness (QED) is 0.520. The van der Waals surface area contributed by atoms with E-state index >= 15 is 0 Å². The van der Waals surface area contributed by atoms with Gasteiger partial charge in [-0.25, -0.2) is 13.2 Å². The number of carbonyl (C=O) groups is 3. The van der Waals surface area contributed by atoms with Crippen LogP contribution in [0.1, 0.15) is 26.3 Å². The van der Waals surface area contributed by atoms with Gasteiger partial charge in [-0.1, -0.05) is 36.4 Å². The van der Waals surface area contributed by atoms with Crippen molar-refractivity contribution in [2.75, 3.05) is 32.5 Å². The Balaban J connectivity index is 1.96. The highest BCUT2D eigenvalue weighted by Gasteiger charge is 2.26. The first-order valence-corrected chi connectivity index (χ1v) is 12.2. The van der Waals surface area contributed by atoms with Crippen LogP contribution in [0.15, 0.2) is 59.5 Å². The van der Waals surface area contributed by atoms with Crippen LogP contribution >= 0.6 is 0 Å². The van der Waals surface area contributed by atoms with Crippen LogP contribution in [-0.2, 0) is 35.7 Å². The SMILES string of the molecule is CN(CC(=O)Nc1cccc(S(=O)(=O)N(C)CC(=O)OC(C)(C)C)c1)C(=O)OCc1ccccc1. The van der Waals surface area contributed by atoms with Crippen LogP contribution in [0.4, 0.5) is 10.5 Å². The molecule has 0 unspecified atom stereocenters. The molecule has 0 aliphatic rings. The van der Waals surface area contributed by atoms with Crippen molar-refractivity contribution >= 4 is 33.7 Å². The summed E-state index contributed by atoms with van der Waals surface area (Å²) >= 11 is 0. The average molecular weight is 506 g/mol. The van der Waals surface area contributed by atoms with Gasteiger partial charge in [-0.05, 0) is 44.5 Å². The monoisotopic (exact) mass is 505 g/mol.